The Kier molecular flexibility index (Phi) is 8.90. The number of benzene rings is 1. The van der Waals surface area contributed by atoms with E-state index in [1.807, 2.05) is 38.1 Å². The first-order valence-corrected chi connectivity index (χ1v) is 11.0. The van der Waals surface area contributed by atoms with Gasteiger partial charge < -0.3 is 24.3 Å². The summed E-state index contributed by atoms with van der Waals surface area (Å²) < 4.78 is 16.3. The lowest BCUT2D eigenvalue weighted by molar-refractivity contribution is 0.0430. The molecule has 0 radical (unpaired) electrons. The molecule has 2 heterocycles. The van der Waals surface area contributed by atoms with Gasteiger partial charge in [-0.2, -0.15) is 0 Å². The van der Waals surface area contributed by atoms with Crippen LogP contribution < -0.4 is 14.8 Å². The Labute approximate surface area is 189 Å². The zero-order valence-corrected chi connectivity index (χ0v) is 19.1. The molecule has 0 bridgehead atoms. The minimum Gasteiger partial charge on any atom is -0.497 e. The van der Waals surface area contributed by atoms with Crippen molar-refractivity contribution >= 4 is 5.91 Å². The zero-order chi connectivity index (χ0) is 22.9. The Hall–Kier alpha value is -2.62. The van der Waals surface area contributed by atoms with Gasteiger partial charge in [0.1, 0.15) is 30.5 Å². The summed E-state index contributed by atoms with van der Waals surface area (Å²) in [5, 5.41) is 13.2. The summed E-state index contributed by atoms with van der Waals surface area (Å²) in [5.41, 5.74) is 0.319. The van der Waals surface area contributed by atoms with Gasteiger partial charge in [0.05, 0.1) is 13.7 Å². The molecular formula is C23H34N4O5. The summed E-state index contributed by atoms with van der Waals surface area (Å²) in [4.78, 5) is 20.9. The van der Waals surface area contributed by atoms with Crippen LogP contribution in [-0.2, 0) is 6.54 Å². The van der Waals surface area contributed by atoms with Crippen molar-refractivity contribution in [1.29, 1.82) is 0 Å². The number of β-amino-alcohol motifs (C(OH)–C–C–N with tert-alkyl or cyclic N) is 1. The van der Waals surface area contributed by atoms with Gasteiger partial charge in [0.15, 0.2) is 5.69 Å². The number of nitrogens with zero attached hydrogens (tertiary/aromatic N) is 3. The van der Waals surface area contributed by atoms with Crippen LogP contribution in [0.25, 0.3) is 0 Å². The molecule has 2 N–H and O–H groups in total. The lowest BCUT2D eigenvalue weighted by atomic mass is 10.2. The van der Waals surface area contributed by atoms with E-state index in [1.54, 1.807) is 7.11 Å². The van der Waals surface area contributed by atoms with Gasteiger partial charge >= 0.3 is 0 Å². The maximum Gasteiger partial charge on any atom is 0.273 e. The summed E-state index contributed by atoms with van der Waals surface area (Å²) in [6.45, 7) is 9.40. The molecule has 1 aromatic carbocycles. The smallest absolute Gasteiger partial charge is 0.273 e. The second kappa shape index (κ2) is 11.8. The number of nitrogens with one attached hydrogen (secondary N) is 1. The van der Waals surface area contributed by atoms with Crippen molar-refractivity contribution < 1.29 is 23.8 Å². The maximum absolute atomic E-state index is 12.1. The number of methoxy groups -OCH3 is 1. The van der Waals surface area contributed by atoms with Crippen LogP contribution in [-0.4, -0.2) is 84.9 Å². The van der Waals surface area contributed by atoms with Gasteiger partial charge in [-0.05, 0) is 30.2 Å². The normalized spacial score (nSPS) is 16.2. The average molecular weight is 447 g/mol. The molecule has 1 aromatic heterocycles. The number of piperazine rings is 1. The number of aromatic nitrogens is 1. The van der Waals surface area contributed by atoms with E-state index in [4.69, 9.17) is 13.9 Å². The molecule has 3 rings (SSSR count). The van der Waals surface area contributed by atoms with Crippen LogP contribution in [0.1, 0.15) is 30.2 Å². The number of aliphatic hydroxyl groups is 1. The van der Waals surface area contributed by atoms with Crippen molar-refractivity contribution in [2.45, 2.75) is 26.5 Å². The SMILES string of the molecule is COc1ccc(OC[C@@H](O)CN2CCN(Cc3nc(C(=O)NCC(C)C)co3)CC2)cc1. The number of oxazole rings is 1. The molecule has 1 fully saturated rings. The molecule has 0 spiro atoms. The highest BCUT2D eigenvalue weighted by molar-refractivity contribution is 5.91. The highest BCUT2D eigenvalue weighted by Gasteiger charge is 2.21. The van der Waals surface area contributed by atoms with Crippen molar-refractivity contribution in [2.24, 2.45) is 5.92 Å². The number of ether oxygens (including phenoxy) is 2. The highest BCUT2D eigenvalue weighted by Crippen LogP contribution is 2.17. The molecular weight excluding hydrogens is 412 g/mol. The molecule has 1 atom stereocenters. The first-order chi connectivity index (χ1) is 15.4. The quantitative estimate of drug-likeness (QED) is 0.537. The van der Waals surface area contributed by atoms with Crippen LogP contribution >= 0.6 is 0 Å². The van der Waals surface area contributed by atoms with Crippen LogP contribution in [0.2, 0.25) is 0 Å². The molecule has 2 aromatic rings. The third kappa shape index (κ3) is 7.51. The van der Waals surface area contributed by atoms with Gasteiger partial charge in [-0.3, -0.25) is 14.6 Å². The van der Waals surface area contributed by atoms with E-state index in [2.05, 4.69) is 20.1 Å². The summed E-state index contributed by atoms with van der Waals surface area (Å²) in [5.74, 6) is 2.20. The van der Waals surface area contributed by atoms with Crippen molar-refractivity contribution in [1.82, 2.24) is 20.1 Å². The molecule has 1 aliphatic rings. The van der Waals surface area contributed by atoms with E-state index in [0.717, 1.165) is 31.9 Å². The fourth-order valence-corrected chi connectivity index (χ4v) is 3.41. The van der Waals surface area contributed by atoms with Crippen molar-refractivity contribution in [3.63, 3.8) is 0 Å². The molecule has 1 aliphatic heterocycles. The van der Waals surface area contributed by atoms with Gasteiger partial charge in [-0.15, -0.1) is 0 Å². The second-order valence-electron chi connectivity index (χ2n) is 8.45. The number of hydrogen-bond acceptors (Lipinski definition) is 8. The molecule has 0 aliphatic carbocycles. The maximum atomic E-state index is 12.1. The van der Waals surface area contributed by atoms with E-state index >= 15 is 0 Å². The number of aliphatic hydroxyl groups excluding tert-OH is 1. The Bertz CT molecular complexity index is 831. The van der Waals surface area contributed by atoms with Gasteiger partial charge in [0.2, 0.25) is 5.89 Å². The Morgan fingerprint density at radius 3 is 2.47 bits per heavy atom. The van der Waals surface area contributed by atoms with Crippen LogP contribution in [0.15, 0.2) is 34.9 Å². The zero-order valence-electron chi connectivity index (χ0n) is 19.1. The highest BCUT2D eigenvalue weighted by atomic mass is 16.5. The topological polar surface area (TPSA) is 100 Å². The van der Waals surface area contributed by atoms with Crippen molar-refractivity contribution in [3.8, 4) is 11.5 Å². The molecule has 0 unspecified atom stereocenters. The lowest BCUT2D eigenvalue weighted by Crippen LogP contribution is -2.48. The van der Waals surface area contributed by atoms with Crippen LogP contribution in [0, 0.1) is 5.92 Å². The van der Waals surface area contributed by atoms with E-state index < -0.39 is 6.10 Å². The first-order valence-electron chi connectivity index (χ1n) is 11.0. The van der Waals surface area contributed by atoms with Gasteiger partial charge in [0, 0.05) is 39.3 Å². The molecule has 1 saturated heterocycles. The molecule has 1 amide bonds. The van der Waals surface area contributed by atoms with Gasteiger partial charge in [0.25, 0.3) is 5.91 Å². The number of hydrogen-bond donors (Lipinski definition) is 2. The summed E-state index contributed by atoms with van der Waals surface area (Å²) in [6, 6.07) is 7.31. The van der Waals surface area contributed by atoms with E-state index in [9.17, 15) is 9.90 Å². The molecule has 32 heavy (non-hydrogen) atoms. The predicted molar refractivity (Wildman–Crippen MR) is 120 cm³/mol. The van der Waals surface area contributed by atoms with Gasteiger partial charge in [-0.1, -0.05) is 13.8 Å². The van der Waals surface area contributed by atoms with Crippen molar-refractivity contribution in [2.75, 3.05) is 53.0 Å². The average Bonchev–Trinajstić information content (AvgIpc) is 3.26. The molecule has 9 nitrogen and oxygen atoms in total. The molecule has 176 valence electrons. The fraction of sp³-hybridized carbons (Fsp3) is 0.565. The summed E-state index contributed by atoms with van der Waals surface area (Å²) in [6.07, 6.45) is 0.850. The third-order valence-corrected chi connectivity index (χ3v) is 5.25. The van der Waals surface area contributed by atoms with E-state index in [1.165, 1.54) is 6.26 Å². The Morgan fingerprint density at radius 1 is 1.16 bits per heavy atom. The monoisotopic (exact) mass is 446 g/mol. The van der Waals surface area contributed by atoms with Crippen LogP contribution in [0.3, 0.4) is 0 Å². The minimum atomic E-state index is -0.567. The molecule has 9 heteroatoms. The molecule has 0 saturated carbocycles. The number of carbonyl (C=O) groups is 1. The largest absolute Gasteiger partial charge is 0.497 e. The first kappa shape index (κ1) is 24.0. The second-order valence-corrected chi connectivity index (χ2v) is 8.45. The van der Waals surface area contributed by atoms with Crippen LogP contribution in [0.5, 0.6) is 11.5 Å². The number of rotatable bonds is 11. The third-order valence-electron chi connectivity index (χ3n) is 5.25. The lowest BCUT2D eigenvalue weighted by Gasteiger charge is -2.34. The summed E-state index contributed by atoms with van der Waals surface area (Å²) in [7, 11) is 1.62. The number of amides is 1. The number of carbonyl (C=O) groups excluding carboxylic acids is 1. The standard InChI is InChI=1S/C23H34N4O5/c1-17(2)12-24-23(29)21-16-32-22(25-21)14-27-10-8-26(9-11-27)13-18(28)15-31-20-6-4-19(30-3)5-7-20/h4-7,16-18,28H,8-15H2,1-3H3,(H,24,29)/t18-/m0/s1. The Morgan fingerprint density at radius 2 is 1.81 bits per heavy atom. The summed E-state index contributed by atoms with van der Waals surface area (Å²) >= 11 is 0. The Balaban J connectivity index is 1.35. The fourth-order valence-electron chi connectivity index (χ4n) is 3.41. The van der Waals surface area contributed by atoms with E-state index in [-0.39, 0.29) is 12.5 Å². The minimum absolute atomic E-state index is 0.204. The van der Waals surface area contributed by atoms with Crippen molar-refractivity contribution in [3.05, 3.63) is 42.1 Å². The van der Waals surface area contributed by atoms with Gasteiger partial charge in [-0.25, -0.2) is 4.98 Å². The van der Waals surface area contributed by atoms with E-state index in [0.29, 0.717) is 42.9 Å². The predicted octanol–water partition coefficient (Wildman–Crippen LogP) is 1.63. The van der Waals surface area contributed by atoms with Crippen LogP contribution in [0.4, 0.5) is 0 Å².